The molecule has 27 heavy (non-hydrogen) atoms. The Bertz CT molecular complexity index is 901. The quantitative estimate of drug-likeness (QED) is 0.819. The first-order valence-corrected chi connectivity index (χ1v) is 11.4. The highest BCUT2D eigenvalue weighted by atomic mass is 32.2. The van der Waals surface area contributed by atoms with Gasteiger partial charge in [0.2, 0.25) is 10.0 Å². The molecule has 3 fully saturated rings. The van der Waals surface area contributed by atoms with Gasteiger partial charge < -0.3 is 14.8 Å². The van der Waals surface area contributed by atoms with E-state index >= 15 is 0 Å². The first kappa shape index (κ1) is 17.5. The highest BCUT2D eigenvalue weighted by Gasteiger charge is 2.63. The Labute approximate surface area is 159 Å². The van der Waals surface area contributed by atoms with Crippen molar-refractivity contribution in [3.05, 3.63) is 29.3 Å². The molecule has 1 amide bonds. The molecule has 7 nitrogen and oxygen atoms in total. The second-order valence-electron chi connectivity index (χ2n) is 8.22. The van der Waals surface area contributed by atoms with Gasteiger partial charge in [-0.05, 0) is 36.6 Å². The van der Waals surface area contributed by atoms with Gasteiger partial charge in [-0.25, -0.2) is 8.42 Å². The fraction of sp³-hybridized carbons (Fsp3) is 0.632. The largest absolute Gasteiger partial charge is 0.493 e. The number of amides is 1. The molecule has 1 N–H and O–H groups in total. The normalized spacial score (nSPS) is 34.3. The van der Waals surface area contributed by atoms with Crippen molar-refractivity contribution in [1.82, 2.24) is 9.62 Å². The summed E-state index contributed by atoms with van der Waals surface area (Å²) in [6.45, 7) is 2.12. The van der Waals surface area contributed by atoms with Gasteiger partial charge in [-0.15, -0.1) is 0 Å². The third-order valence-electron chi connectivity index (χ3n) is 6.67. The molecule has 4 heterocycles. The number of ether oxygens (including phenoxy) is 2. The summed E-state index contributed by atoms with van der Waals surface area (Å²) < 4.78 is 37.2. The molecule has 4 aliphatic heterocycles. The molecule has 1 aromatic rings. The summed E-state index contributed by atoms with van der Waals surface area (Å²) in [4.78, 5) is 12.6. The van der Waals surface area contributed by atoms with Crippen molar-refractivity contribution >= 4 is 15.9 Å². The lowest BCUT2D eigenvalue weighted by Crippen LogP contribution is -2.41. The van der Waals surface area contributed by atoms with Crippen LogP contribution in [0.25, 0.3) is 0 Å². The third-order valence-corrected chi connectivity index (χ3v) is 7.89. The van der Waals surface area contributed by atoms with Crippen LogP contribution in [0.4, 0.5) is 0 Å². The fourth-order valence-corrected chi connectivity index (χ4v) is 6.20. The SMILES string of the molecule is CS(=O)(=O)N1C[C@@H]2[C@H](CNC(=O)c3ccc4c(c3)CCO4)[C@H]3CC[C@]2(C1)O3. The van der Waals surface area contributed by atoms with Gasteiger partial charge in [-0.3, -0.25) is 4.79 Å². The van der Waals surface area contributed by atoms with Gasteiger partial charge in [0.1, 0.15) is 5.75 Å². The van der Waals surface area contributed by atoms with Crippen LogP contribution in [-0.2, 0) is 21.2 Å². The van der Waals surface area contributed by atoms with E-state index in [4.69, 9.17) is 9.47 Å². The van der Waals surface area contributed by atoms with Crippen molar-refractivity contribution in [3.63, 3.8) is 0 Å². The minimum absolute atomic E-state index is 0.0977. The van der Waals surface area contributed by atoms with Gasteiger partial charge in [0.15, 0.2) is 0 Å². The van der Waals surface area contributed by atoms with E-state index in [1.54, 1.807) is 6.07 Å². The smallest absolute Gasteiger partial charge is 0.251 e. The summed E-state index contributed by atoms with van der Waals surface area (Å²) in [5, 5.41) is 3.05. The number of fused-ring (bicyclic) bond motifs is 2. The number of nitrogens with one attached hydrogen (secondary N) is 1. The fourth-order valence-electron chi connectivity index (χ4n) is 5.31. The van der Waals surface area contributed by atoms with Gasteiger partial charge in [0.25, 0.3) is 5.91 Å². The standard InChI is InChI=1S/C19H24N2O5S/c1-27(23,24)21-10-15-14(17-4-6-19(15,11-21)26-17)9-20-18(22)13-2-3-16-12(8-13)5-7-25-16/h2-3,8,14-15,17H,4-7,9-11H2,1H3,(H,20,22)/t14-,15+,17+,19+/m0/s1. The predicted molar refractivity (Wildman–Crippen MR) is 98.2 cm³/mol. The molecule has 8 heteroatoms. The van der Waals surface area contributed by atoms with E-state index in [0.717, 1.165) is 30.6 Å². The number of hydrogen-bond acceptors (Lipinski definition) is 5. The zero-order valence-electron chi connectivity index (χ0n) is 15.3. The molecule has 5 rings (SSSR count). The lowest BCUT2D eigenvalue weighted by Gasteiger charge is -2.29. The number of benzene rings is 1. The number of hydrogen-bond donors (Lipinski definition) is 1. The summed E-state index contributed by atoms with van der Waals surface area (Å²) in [7, 11) is -3.22. The van der Waals surface area contributed by atoms with Crippen LogP contribution in [0.1, 0.15) is 28.8 Å². The molecule has 0 aliphatic carbocycles. The van der Waals surface area contributed by atoms with Crippen LogP contribution >= 0.6 is 0 Å². The number of sulfonamides is 1. The summed E-state index contributed by atoms with van der Waals surface area (Å²) in [6, 6.07) is 5.55. The average molecular weight is 392 g/mol. The van der Waals surface area contributed by atoms with Crippen molar-refractivity contribution in [1.29, 1.82) is 0 Å². The van der Waals surface area contributed by atoms with Crippen LogP contribution in [-0.4, -0.2) is 62.8 Å². The molecule has 3 saturated heterocycles. The number of nitrogens with zero attached hydrogens (tertiary/aromatic N) is 1. The predicted octanol–water partition coefficient (Wildman–Crippen LogP) is 0.790. The van der Waals surface area contributed by atoms with Gasteiger partial charge in [0.05, 0.1) is 24.6 Å². The van der Waals surface area contributed by atoms with E-state index in [0.29, 0.717) is 31.8 Å². The lowest BCUT2D eigenvalue weighted by atomic mass is 9.73. The second kappa shape index (κ2) is 5.93. The Morgan fingerprint density at radius 2 is 2.26 bits per heavy atom. The van der Waals surface area contributed by atoms with Gasteiger partial charge in [-0.1, -0.05) is 0 Å². The summed E-state index contributed by atoms with van der Waals surface area (Å²) in [5.74, 6) is 1.08. The van der Waals surface area contributed by atoms with Crippen molar-refractivity contribution < 1.29 is 22.7 Å². The van der Waals surface area contributed by atoms with Crippen molar-refractivity contribution in [3.8, 4) is 5.75 Å². The van der Waals surface area contributed by atoms with Gasteiger partial charge >= 0.3 is 0 Å². The first-order chi connectivity index (χ1) is 12.9. The van der Waals surface area contributed by atoms with E-state index in [9.17, 15) is 13.2 Å². The van der Waals surface area contributed by atoms with Crippen LogP contribution in [0, 0.1) is 11.8 Å². The monoisotopic (exact) mass is 392 g/mol. The van der Waals surface area contributed by atoms with E-state index < -0.39 is 10.0 Å². The van der Waals surface area contributed by atoms with Crippen molar-refractivity contribution in [2.45, 2.75) is 31.0 Å². The summed E-state index contributed by atoms with van der Waals surface area (Å²) in [6.07, 6.45) is 4.05. The highest BCUT2D eigenvalue weighted by Crippen LogP contribution is 2.55. The summed E-state index contributed by atoms with van der Waals surface area (Å²) >= 11 is 0. The topological polar surface area (TPSA) is 84.9 Å². The Morgan fingerprint density at radius 1 is 1.41 bits per heavy atom. The Morgan fingerprint density at radius 3 is 3.07 bits per heavy atom. The molecule has 4 aliphatic rings. The zero-order chi connectivity index (χ0) is 18.8. The third kappa shape index (κ3) is 2.77. The van der Waals surface area contributed by atoms with Crippen LogP contribution < -0.4 is 10.1 Å². The maximum Gasteiger partial charge on any atom is 0.251 e. The van der Waals surface area contributed by atoms with Gasteiger partial charge in [-0.2, -0.15) is 4.31 Å². The number of carbonyl (C=O) groups is 1. The lowest BCUT2D eigenvalue weighted by molar-refractivity contribution is 0.00801. The molecule has 0 unspecified atom stereocenters. The van der Waals surface area contributed by atoms with E-state index in [1.807, 2.05) is 12.1 Å². The highest BCUT2D eigenvalue weighted by molar-refractivity contribution is 7.88. The summed E-state index contributed by atoms with van der Waals surface area (Å²) in [5.41, 5.74) is 1.36. The number of carbonyl (C=O) groups excluding carboxylic acids is 1. The Kier molecular flexibility index (Phi) is 3.83. The molecule has 1 spiro atoms. The molecule has 0 aromatic heterocycles. The maximum absolute atomic E-state index is 12.6. The first-order valence-electron chi connectivity index (χ1n) is 9.53. The van der Waals surface area contributed by atoms with Crippen LogP contribution in [0.15, 0.2) is 18.2 Å². The number of rotatable bonds is 4. The minimum Gasteiger partial charge on any atom is -0.493 e. The zero-order valence-corrected chi connectivity index (χ0v) is 16.1. The molecule has 2 bridgehead atoms. The van der Waals surface area contributed by atoms with Gasteiger partial charge in [0, 0.05) is 43.5 Å². The van der Waals surface area contributed by atoms with Crippen molar-refractivity contribution in [2.24, 2.45) is 11.8 Å². The van der Waals surface area contributed by atoms with Crippen LogP contribution in [0.5, 0.6) is 5.75 Å². The molecule has 4 atom stereocenters. The average Bonchev–Trinajstić information content (AvgIpc) is 3.37. The minimum atomic E-state index is -3.22. The molecular formula is C19H24N2O5S. The van der Waals surface area contributed by atoms with Crippen LogP contribution in [0.2, 0.25) is 0 Å². The Balaban J connectivity index is 1.28. The van der Waals surface area contributed by atoms with E-state index in [2.05, 4.69) is 5.32 Å². The molecular weight excluding hydrogens is 368 g/mol. The second-order valence-corrected chi connectivity index (χ2v) is 10.2. The molecule has 0 saturated carbocycles. The molecule has 0 radical (unpaired) electrons. The van der Waals surface area contributed by atoms with Crippen molar-refractivity contribution in [2.75, 3.05) is 32.5 Å². The van der Waals surface area contributed by atoms with Crippen LogP contribution in [0.3, 0.4) is 0 Å². The van der Waals surface area contributed by atoms with E-state index in [1.165, 1.54) is 10.6 Å². The maximum atomic E-state index is 12.6. The Hall–Kier alpha value is -1.64. The molecule has 1 aromatic carbocycles. The van der Waals surface area contributed by atoms with E-state index in [-0.39, 0.29) is 29.4 Å². The molecule has 146 valence electrons.